The number of benzene rings is 1. The molecule has 20 heavy (non-hydrogen) atoms. The molecule has 0 unspecified atom stereocenters. The summed E-state index contributed by atoms with van der Waals surface area (Å²) in [6.45, 7) is 0. The second-order valence-electron chi connectivity index (χ2n) is 4.35. The van der Waals surface area contributed by atoms with Crippen molar-refractivity contribution < 1.29 is 0 Å². The summed E-state index contributed by atoms with van der Waals surface area (Å²) in [4.78, 5) is 7.29. The Kier molecular flexibility index (Phi) is 3.36. The summed E-state index contributed by atoms with van der Waals surface area (Å²) in [6.07, 6.45) is 7.16. The molecule has 0 aliphatic rings. The topological polar surface area (TPSA) is 52.5 Å². The number of H-pyrrole nitrogens is 1. The summed E-state index contributed by atoms with van der Waals surface area (Å²) in [6, 6.07) is 12.1. The molecule has 0 atom stereocenters. The number of rotatable bonds is 2. The number of allylic oxidation sites excluding steroid dienone is 1. The number of halogens is 1. The number of hydrogen-bond donors (Lipinski definition) is 1. The second-order valence-corrected chi connectivity index (χ2v) is 5.27. The highest BCUT2D eigenvalue weighted by Gasteiger charge is 2.08. The highest BCUT2D eigenvalue weighted by atomic mass is 79.9. The average molecular weight is 324 g/mol. The molecule has 1 aromatic carbocycles. The number of nitriles is 1. The van der Waals surface area contributed by atoms with Gasteiger partial charge in [-0.2, -0.15) is 5.26 Å². The van der Waals surface area contributed by atoms with Crippen molar-refractivity contribution in [1.82, 2.24) is 9.97 Å². The van der Waals surface area contributed by atoms with Crippen LogP contribution in [0.15, 0.2) is 53.4 Å². The van der Waals surface area contributed by atoms with Crippen LogP contribution in [0, 0.1) is 11.3 Å². The van der Waals surface area contributed by atoms with Crippen LogP contribution in [0.4, 0.5) is 0 Å². The van der Waals surface area contributed by atoms with Crippen LogP contribution in [0.5, 0.6) is 0 Å². The van der Waals surface area contributed by atoms with Crippen molar-refractivity contribution in [3.63, 3.8) is 0 Å². The lowest BCUT2D eigenvalue weighted by atomic mass is 10.0. The van der Waals surface area contributed by atoms with E-state index in [0.717, 1.165) is 26.5 Å². The van der Waals surface area contributed by atoms with Crippen LogP contribution < -0.4 is 0 Å². The molecule has 0 aliphatic carbocycles. The second kappa shape index (κ2) is 5.32. The number of para-hydroxylation sites is 1. The van der Waals surface area contributed by atoms with Crippen LogP contribution in [0.3, 0.4) is 0 Å². The van der Waals surface area contributed by atoms with Gasteiger partial charge in [0, 0.05) is 39.5 Å². The van der Waals surface area contributed by atoms with Crippen LogP contribution in [-0.4, -0.2) is 9.97 Å². The minimum atomic E-state index is 0.613. The van der Waals surface area contributed by atoms with Crippen LogP contribution in [0.25, 0.3) is 22.6 Å². The lowest BCUT2D eigenvalue weighted by Crippen LogP contribution is -1.82. The standard InChI is InChI=1S/C16H10BrN3/c17-13-6-11(8-19-9-13)5-12(7-18)15-10-20-16-4-2-1-3-14(15)16/h1-6,8-10,20H. The molecule has 2 aromatic heterocycles. The van der Waals surface area contributed by atoms with Crippen LogP contribution in [-0.2, 0) is 0 Å². The average Bonchev–Trinajstić information content (AvgIpc) is 2.89. The van der Waals surface area contributed by atoms with Gasteiger partial charge in [-0.05, 0) is 39.7 Å². The van der Waals surface area contributed by atoms with Gasteiger partial charge in [-0.15, -0.1) is 0 Å². The lowest BCUT2D eigenvalue weighted by molar-refractivity contribution is 1.30. The first-order valence-corrected chi connectivity index (χ1v) is 6.86. The summed E-state index contributed by atoms with van der Waals surface area (Å²) in [7, 11) is 0. The molecule has 3 rings (SSSR count). The van der Waals surface area contributed by atoms with Gasteiger partial charge in [0.25, 0.3) is 0 Å². The van der Waals surface area contributed by atoms with E-state index in [9.17, 15) is 5.26 Å². The van der Waals surface area contributed by atoms with Gasteiger partial charge in [0.05, 0.1) is 11.6 Å². The zero-order chi connectivity index (χ0) is 13.9. The van der Waals surface area contributed by atoms with Gasteiger partial charge in [0.15, 0.2) is 0 Å². The summed E-state index contributed by atoms with van der Waals surface area (Å²) >= 11 is 3.38. The maximum Gasteiger partial charge on any atom is 0.0998 e. The zero-order valence-electron chi connectivity index (χ0n) is 10.5. The first-order valence-electron chi connectivity index (χ1n) is 6.07. The molecule has 4 heteroatoms. The summed E-state index contributed by atoms with van der Waals surface area (Å²) in [5.74, 6) is 0. The monoisotopic (exact) mass is 323 g/mol. The Balaban J connectivity index is 2.13. The first kappa shape index (κ1) is 12.6. The fourth-order valence-electron chi connectivity index (χ4n) is 2.14. The largest absolute Gasteiger partial charge is 0.361 e. The maximum absolute atomic E-state index is 9.42. The molecule has 0 amide bonds. The molecule has 1 N–H and O–H groups in total. The van der Waals surface area contributed by atoms with Crippen molar-refractivity contribution in [3.05, 3.63) is 64.5 Å². The number of nitrogens with zero attached hydrogens (tertiary/aromatic N) is 2. The third kappa shape index (κ3) is 2.36. The summed E-state index contributed by atoms with van der Waals surface area (Å²) in [5, 5.41) is 10.5. The zero-order valence-corrected chi connectivity index (χ0v) is 12.1. The molecule has 0 spiro atoms. The highest BCUT2D eigenvalue weighted by Crippen LogP contribution is 2.26. The molecular formula is C16H10BrN3. The van der Waals surface area contributed by atoms with E-state index < -0.39 is 0 Å². The molecule has 3 aromatic rings. The van der Waals surface area contributed by atoms with Crippen molar-refractivity contribution in [2.75, 3.05) is 0 Å². The fourth-order valence-corrected chi connectivity index (χ4v) is 2.52. The van der Waals surface area contributed by atoms with Gasteiger partial charge in [-0.25, -0.2) is 0 Å². The van der Waals surface area contributed by atoms with Crippen LogP contribution >= 0.6 is 15.9 Å². The Morgan fingerprint density at radius 1 is 1.30 bits per heavy atom. The molecular weight excluding hydrogens is 314 g/mol. The van der Waals surface area contributed by atoms with Crippen molar-refractivity contribution >= 4 is 38.5 Å². The third-order valence-electron chi connectivity index (χ3n) is 3.04. The number of hydrogen-bond acceptors (Lipinski definition) is 2. The molecule has 0 radical (unpaired) electrons. The fraction of sp³-hybridized carbons (Fsp3) is 0. The minimum Gasteiger partial charge on any atom is -0.361 e. The van der Waals surface area contributed by atoms with Gasteiger partial charge in [0.2, 0.25) is 0 Å². The van der Waals surface area contributed by atoms with Crippen LogP contribution in [0.1, 0.15) is 11.1 Å². The number of pyridine rings is 1. The van der Waals surface area contributed by atoms with E-state index in [2.05, 4.69) is 32.0 Å². The molecule has 0 saturated heterocycles. The Labute approximate surface area is 124 Å². The summed E-state index contributed by atoms with van der Waals surface area (Å²) in [5.41, 5.74) is 3.43. The van der Waals surface area contributed by atoms with E-state index in [1.807, 2.05) is 42.6 Å². The maximum atomic E-state index is 9.42. The van der Waals surface area contributed by atoms with Crippen molar-refractivity contribution in [2.45, 2.75) is 0 Å². The molecule has 0 fully saturated rings. The lowest BCUT2D eigenvalue weighted by Gasteiger charge is -1.98. The van der Waals surface area contributed by atoms with Crippen molar-refractivity contribution in [1.29, 1.82) is 5.26 Å². The normalized spacial score (nSPS) is 11.5. The van der Waals surface area contributed by atoms with E-state index in [1.54, 1.807) is 12.4 Å². The van der Waals surface area contributed by atoms with Crippen molar-refractivity contribution in [3.8, 4) is 6.07 Å². The van der Waals surface area contributed by atoms with Gasteiger partial charge in [-0.1, -0.05) is 18.2 Å². The molecule has 3 nitrogen and oxygen atoms in total. The Hall–Kier alpha value is -2.38. The molecule has 96 valence electrons. The molecule has 0 bridgehead atoms. The van der Waals surface area contributed by atoms with E-state index in [1.165, 1.54) is 0 Å². The van der Waals surface area contributed by atoms with E-state index in [-0.39, 0.29) is 0 Å². The minimum absolute atomic E-state index is 0.613. The van der Waals surface area contributed by atoms with E-state index in [4.69, 9.17) is 0 Å². The molecule has 0 saturated carbocycles. The van der Waals surface area contributed by atoms with Gasteiger partial charge < -0.3 is 4.98 Å². The van der Waals surface area contributed by atoms with Crippen LogP contribution in [0.2, 0.25) is 0 Å². The molecule has 0 aliphatic heterocycles. The van der Waals surface area contributed by atoms with Gasteiger partial charge >= 0.3 is 0 Å². The van der Waals surface area contributed by atoms with E-state index >= 15 is 0 Å². The van der Waals surface area contributed by atoms with E-state index in [0.29, 0.717) is 5.57 Å². The Morgan fingerprint density at radius 2 is 2.15 bits per heavy atom. The SMILES string of the molecule is N#CC(=Cc1cncc(Br)c1)c1c[nH]c2ccccc12. The van der Waals surface area contributed by atoms with Gasteiger partial charge in [0.1, 0.15) is 0 Å². The smallest absolute Gasteiger partial charge is 0.0998 e. The molecule has 2 heterocycles. The number of fused-ring (bicyclic) bond motifs is 1. The summed E-state index contributed by atoms with van der Waals surface area (Å²) < 4.78 is 0.891. The predicted molar refractivity (Wildman–Crippen MR) is 83.7 cm³/mol. The van der Waals surface area contributed by atoms with Crippen molar-refractivity contribution in [2.24, 2.45) is 0 Å². The predicted octanol–water partition coefficient (Wildman–Crippen LogP) is 4.39. The number of aromatic nitrogens is 2. The Morgan fingerprint density at radius 3 is 2.95 bits per heavy atom. The number of nitrogens with one attached hydrogen (secondary N) is 1. The van der Waals surface area contributed by atoms with Gasteiger partial charge in [-0.3, -0.25) is 4.98 Å². The quantitative estimate of drug-likeness (QED) is 0.711. The Bertz CT molecular complexity index is 840. The first-order chi connectivity index (χ1) is 9.78. The highest BCUT2D eigenvalue weighted by molar-refractivity contribution is 9.10. The number of aromatic amines is 1. The third-order valence-corrected chi connectivity index (χ3v) is 3.47.